The highest BCUT2D eigenvalue weighted by molar-refractivity contribution is 14.1. The minimum absolute atomic E-state index is 0.235. The van der Waals surface area contributed by atoms with Gasteiger partial charge in [-0.3, -0.25) is 0 Å². The Morgan fingerprint density at radius 1 is 1.17 bits per heavy atom. The van der Waals surface area contributed by atoms with Crippen LogP contribution in [-0.2, 0) is 5.54 Å². The van der Waals surface area contributed by atoms with Crippen molar-refractivity contribution in [1.29, 1.82) is 0 Å². The monoisotopic (exact) mass is 353 g/mol. The second kappa shape index (κ2) is 4.66. The van der Waals surface area contributed by atoms with E-state index >= 15 is 0 Å². The van der Waals surface area contributed by atoms with Crippen molar-refractivity contribution in [3.63, 3.8) is 0 Å². The fraction of sp³-hybridized carbons (Fsp3) is 0.357. The highest BCUT2D eigenvalue weighted by Gasteiger charge is 2.33. The van der Waals surface area contributed by atoms with Crippen LogP contribution in [0.15, 0.2) is 30.5 Å². The first kappa shape index (κ1) is 12.2. The fourth-order valence-corrected chi connectivity index (χ4v) is 2.95. The summed E-state index contributed by atoms with van der Waals surface area (Å²) in [4.78, 5) is 7.88. The number of hydrogen-bond acceptors (Lipinski definition) is 2. The van der Waals surface area contributed by atoms with Crippen LogP contribution in [-0.4, -0.2) is 9.97 Å². The van der Waals surface area contributed by atoms with E-state index in [9.17, 15) is 0 Å². The average molecular weight is 353 g/mol. The zero-order chi connectivity index (χ0) is 12.6. The van der Waals surface area contributed by atoms with Crippen molar-refractivity contribution in [2.24, 2.45) is 5.73 Å². The maximum absolute atomic E-state index is 6.40. The number of nitrogens with one attached hydrogen (secondary N) is 1. The van der Waals surface area contributed by atoms with Crippen LogP contribution >= 0.6 is 22.6 Å². The summed E-state index contributed by atoms with van der Waals surface area (Å²) in [5, 5.41) is 0. The summed E-state index contributed by atoms with van der Waals surface area (Å²) in [6.07, 6.45) is 6.37. The molecular formula is C14H16IN3. The number of hydrogen-bond donors (Lipinski definition) is 2. The zero-order valence-electron chi connectivity index (χ0n) is 10.1. The van der Waals surface area contributed by atoms with E-state index in [1.54, 1.807) is 0 Å². The van der Waals surface area contributed by atoms with Crippen LogP contribution in [0.3, 0.4) is 0 Å². The fourth-order valence-electron chi connectivity index (χ4n) is 2.59. The van der Waals surface area contributed by atoms with Crippen molar-refractivity contribution in [3.05, 3.63) is 39.9 Å². The van der Waals surface area contributed by atoms with Gasteiger partial charge in [0.15, 0.2) is 0 Å². The highest BCUT2D eigenvalue weighted by Crippen LogP contribution is 2.35. The normalized spacial score (nSPS) is 18.1. The van der Waals surface area contributed by atoms with Crippen LogP contribution in [0, 0.1) is 3.57 Å². The summed E-state index contributed by atoms with van der Waals surface area (Å²) in [6, 6.07) is 8.42. The molecule has 3 rings (SSSR count). The number of aromatic nitrogens is 2. The van der Waals surface area contributed by atoms with Gasteiger partial charge in [0.1, 0.15) is 5.82 Å². The maximum atomic E-state index is 6.40. The van der Waals surface area contributed by atoms with E-state index in [2.05, 4.69) is 56.8 Å². The molecule has 0 saturated heterocycles. The Bertz CT molecular complexity index is 538. The van der Waals surface area contributed by atoms with E-state index in [1.807, 2.05) is 6.20 Å². The van der Waals surface area contributed by atoms with Gasteiger partial charge in [-0.05, 0) is 53.1 Å². The van der Waals surface area contributed by atoms with Gasteiger partial charge in [0, 0.05) is 3.57 Å². The van der Waals surface area contributed by atoms with Crippen molar-refractivity contribution < 1.29 is 0 Å². The van der Waals surface area contributed by atoms with E-state index in [1.165, 1.54) is 16.4 Å². The Balaban J connectivity index is 1.91. The molecule has 1 aliphatic carbocycles. The highest BCUT2D eigenvalue weighted by atomic mass is 127. The third kappa shape index (κ3) is 2.19. The van der Waals surface area contributed by atoms with E-state index < -0.39 is 0 Å². The molecule has 1 aromatic heterocycles. The number of rotatable bonds is 2. The predicted octanol–water partition coefficient (Wildman–Crippen LogP) is 3.41. The molecular weight excluding hydrogens is 337 g/mol. The first-order valence-electron chi connectivity index (χ1n) is 6.28. The minimum atomic E-state index is -0.235. The molecule has 1 saturated carbocycles. The molecule has 94 valence electrons. The van der Waals surface area contributed by atoms with Crippen molar-refractivity contribution in [2.45, 2.75) is 31.2 Å². The van der Waals surface area contributed by atoms with Crippen molar-refractivity contribution in [3.8, 4) is 11.3 Å². The van der Waals surface area contributed by atoms with Gasteiger partial charge in [0.25, 0.3) is 0 Å². The Labute approximate surface area is 120 Å². The first-order chi connectivity index (χ1) is 8.67. The number of H-pyrrole nitrogens is 1. The second-order valence-electron chi connectivity index (χ2n) is 5.02. The number of aromatic amines is 1. The van der Waals surface area contributed by atoms with Crippen LogP contribution in [0.5, 0.6) is 0 Å². The molecule has 0 aliphatic heterocycles. The molecule has 3 nitrogen and oxygen atoms in total. The molecule has 0 spiro atoms. The van der Waals surface area contributed by atoms with Crippen LogP contribution < -0.4 is 5.73 Å². The van der Waals surface area contributed by atoms with Crippen molar-refractivity contribution in [1.82, 2.24) is 9.97 Å². The molecule has 0 bridgehead atoms. The van der Waals surface area contributed by atoms with Gasteiger partial charge in [-0.1, -0.05) is 25.0 Å². The number of halogens is 1. The largest absolute Gasteiger partial charge is 0.340 e. The number of benzene rings is 1. The summed E-state index contributed by atoms with van der Waals surface area (Å²) in [5.74, 6) is 0.938. The van der Waals surface area contributed by atoms with E-state index in [-0.39, 0.29) is 5.54 Å². The summed E-state index contributed by atoms with van der Waals surface area (Å²) in [7, 11) is 0. The molecule has 18 heavy (non-hydrogen) atoms. The van der Waals surface area contributed by atoms with Gasteiger partial charge >= 0.3 is 0 Å². The molecule has 0 atom stereocenters. The number of nitrogens with two attached hydrogens (primary N) is 1. The second-order valence-corrected chi connectivity index (χ2v) is 6.26. The smallest absolute Gasteiger partial charge is 0.126 e. The number of imidazole rings is 1. The predicted molar refractivity (Wildman–Crippen MR) is 81.1 cm³/mol. The zero-order valence-corrected chi connectivity index (χ0v) is 12.3. The van der Waals surface area contributed by atoms with Gasteiger partial charge in [-0.15, -0.1) is 0 Å². The van der Waals surface area contributed by atoms with Crippen molar-refractivity contribution in [2.75, 3.05) is 0 Å². The van der Waals surface area contributed by atoms with Gasteiger partial charge in [0.05, 0.1) is 17.4 Å². The molecule has 3 N–H and O–H groups in total. The molecule has 0 amide bonds. The van der Waals surface area contributed by atoms with Gasteiger partial charge in [-0.25, -0.2) is 4.98 Å². The molecule has 0 unspecified atom stereocenters. The van der Waals surface area contributed by atoms with E-state index in [0.717, 1.165) is 29.9 Å². The van der Waals surface area contributed by atoms with Crippen molar-refractivity contribution >= 4 is 22.6 Å². The van der Waals surface area contributed by atoms with Gasteiger partial charge < -0.3 is 10.7 Å². The molecule has 1 heterocycles. The Kier molecular flexibility index (Phi) is 3.15. The summed E-state index contributed by atoms with van der Waals surface area (Å²) < 4.78 is 1.24. The topological polar surface area (TPSA) is 54.7 Å². The lowest BCUT2D eigenvalue weighted by Gasteiger charge is -2.20. The summed E-state index contributed by atoms with van der Waals surface area (Å²) >= 11 is 2.31. The molecule has 0 radical (unpaired) electrons. The number of nitrogens with zero attached hydrogens (tertiary/aromatic N) is 1. The Morgan fingerprint density at radius 2 is 1.83 bits per heavy atom. The third-order valence-corrected chi connectivity index (χ3v) is 4.42. The molecule has 1 fully saturated rings. The van der Waals surface area contributed by atoms with Crippen LogP contribution in [0.25, 0.3) is 11.3 Å². The van der Waals surface area contributed by atoms with Gasteiger partial charge in [0.2, 0.25) is 0 Å². The van der Waals surface area contributed by atoms with Crippen LogP contribution in [0.2, 0.25) is 0 Å². The Hall–Kier alpha value is -0.880. The molecule has 4 heteroatoms. The summed E-state index contributed by atoms with van der Waals surface area (Å²) in [5.41, 5.74) is 8.38. The lowest BCUT2D eigenvalue weighted by Crippen LogP contribution is -2.34. The molecule has 1 aromatic carbocycles. The van der Waals surface area contributed by atoms with E-state index in [4.69, 9.17) is 5.73 Å². The maximum Gasteiger partial charge on any atom is 0.126 e. The average Bonchev–Trinajstić information content (AvgIpc) is 2.99. The van der Waals surface area contributed by atoms with Crippen LogP contribution in [0.1, 0.15) is 31.5 Å². The third-order valence-electron chi connectivity index (χ3n) is 3.70. The Morgan fingerprint density at radius 3 is 2.50 bits per heavy atom. The minimum Gasteiger partial charge on any atom is -0.340 e. The molecule has 2 aromatic rings. The quantitative estimate of drug-likeness (QED) is 0.813. The lowest BCUT2D eigenvalue weighted by molar-refractivity contribution is 0.436. The van der Waals surface area contributed by atoms with Crippen LogP contribution in [0.4, 0.5) is 0 Å². The lowest BCUT2D eigenvalue weighted by atomic mass is 9.99. The standard InChI is InChI=1S/C14H16IN3/c15-11-5-3-10(4-6-11)12-9-17-13(18-12)14(16)7-1-2-8-14/h3-6,9H,1-2,7-8,16H2,(H,17,18). The van der Waals surface area contributed by atoms with Gasteiger partial charge in [-0.2, -0.15) is 0 Å². The first-order valence-corrected chi connectivity index (χ1v) is 7.36. The SMILES string of the molecule is NC1(c2ncc(-c3ccc(I)cc3)[nH]2)CCCC1. The molecule has 1 aliphatic rings. The van der Waals surface area contributed by atoms with E-state index in [0.29, 0.717) is 0 Å². The summed E-state index contributed by atoms with van der Waals surface area (Å²) in [6.45, 7) is 0.